The summed E-state index contributed by atoms with van der Waals surface area (Å²) < 4.78 is 11.7. The molecule has 0 radical (unpaired) electrons. The summed E-state index contributed by atoms with van der Waals surface area (Å²) in [4.78, 5) is 29.2. The molecule has 0 unspecified atom stereocenters. The summed E-state index contributed by atoms with van der Waals surface area (Å²) in [5, 5.41) is 5.98. The van der Waals surface area contributed by atoms with Crippen molar-refractivity contribution in [2.45, 2.75) is 6.61 Å². The molecule has 0 spiro atoms. The predicted octanol–water partition coefficient (Wildman–Crippen LogP) is 3.50. The third-order valence-corrected chi connectivity index (χ3v) is 4.89. The van der Waals surface area contributed by atoms with E-state index in [-0.39, 0.29) is 23.0 Å². The van der Waals surface area contributed by atoms with E-state index in [0.29, 0.717) is 27.6 Å². The maximum absolute atomic E-state index is 12.7. The van der Waals surface area contributed by atoms with Gasteiger partial charge in [0, 0.05) is 29.4 Å². The number of ether oxygens (including phenoxy) is 2. The minimum atomic E-state index is -0.650. The van der Waals surface area contributed by atoms with Gasteiger partial charge in [0.25, 0.3) is 5.56 Å². The van der Waals surface area contributed by atoms with Gasteiger partial charge in [0.15, 0.2) is 5.69 Å². The molecule has 0 amide bonds. The zero-order valence-corrected chi connectivity index (χ0v) is 16.4. The van der Waals surface area contributed by atoms with Crippen LogP contribution in [-0.4, -0.2) is 27.8 Å². The summed E-state index contributed by atoms with van der Waals surface area (Å²) in [6.07, 6.45) is 0. The first-order valence-electron chi connectivity index (χ1n) is 8.74. The van der Waals surface area contributed by atoms with Crippen LogP contribution in [0.25, 0.3) is 21.7 Å². The van der Waals surface area contributed by atoms with Gasteiger partial charge in [0.05, 0.1) is 18.0 Å². The van der Waals surface area contributed by atoms with E-state index in [2.05, 4.69) is 10.1 Å². The van der Waals surface area contributed by atoms with Crippen LogP contribution in [0.4, 0.5) is 0 Å². The Kier molecular flexibility index (Phi) is 4.90. The van der Waals surface area contributed by atoms with Crippen LogP contribution in [0.15, 0.2) is 53.3 Å². The average Bonchev–Trinajstić information content (AvgIpc) is 2.74. The normalized spacial score (nSPS) is 11.0. The van der Waals surface area contributed by atoms with Crippen molar-refractivity contribution in [3.8, 4) is 5.75 Å². The molecule has 8 heteroatoms. The zero-order chi connectivity index (χ0) is 20.5. The van der Waals surface area contributed by atoms with Crippen molar-refractivity contribution in [3.05, 3.63) is 75.3 Å². The Labute approximate surface area is 170 Å². The molecule has 0 aliphatic rings. The Morgan fingerprint density at radius 2 is 1.90 bits per heavy atom. The largest absolute Gasteiger partial charge is 0.497 e. The van der Waals surface area contributed by atoms with Gasteiger partial charge in [-0.25, -0.2) is 14.5 Å². The number of esters is 1. The molecule has 0 saturated carbocycles. The molecule has 0 bridgehead atoms. The minimum absolute atomic E-state index is 0.0670. The number of nitrogens with zero attached hydrogens (tertiary/aromatic N) is 3. The van der Waals surface area contributed by atoms with Crippen molar-refractivity contribution < 1.29 is 14.3 Å². The lowest BCUT2D eigenvalue weighted by molar-refractivity contribution is 0.0465. The molecule has 2 aromatic carbocycles. The Morgan fingerprint density at radius 1 is 1.14 bits per heavy atom. The number of benzene rings is 2. The number of pyridine rings is 1. The number of aromatic nitrogens is 3. The summed E-state index contributed by atoms with van der Waals surface area (Å²) >= 11 is 6.26. The third-order valence-electron chi connectivity index (χ3n) is 4.56. The monoisotopic (exact) mass is 409 g/mol. The second-order valence-corrected chi connectivity index (χ2v) is 6.75. The highest BCUT2D eigenvalue weighted by Crippen LogP contribution is 2.25. The summed E-state index contributed by atoms with van der Waals surface area (Å²) in [5.41, 5.74) is 1.02. The number of aryl methyl sites for hydroxylation is 1. The smallest absolute Gasteiger partial charge is 0.359 e. The van der Waals surface area contributed by atoms with Gasteiger partial charge in [0.2, 0.25) is 0 Å². The molecule has 4 rings (SSSR count). The fourth-order valence-corrected chi connectivity index (χ4v) is 3.26. The zero-order valence-electron chi connectivity index (χ0n) is 15.7. The highest BCUT2D eigenvalue weighted by Gasteiger charge is 2.18. The Hall–Kier alpha value is -3.45. The summed E-state index contributed by atoms with van der Waals surface area (Å²) in [6.45, 7) is -0.0779. The van der Waals surface area contributed by atoms with Crippen LogP contribution in [-0.2, 0) is 18.4 Å². The number of hydrogen-bond donors (Lipinski definition) is 0. The second kappa shape index (κ2) is 7.52. The maximum Gasteiger partial charge on any atom is 0.359 e. The van der Waals surface area contributed by atoms with Crippen LogP contribution in [0.1, 0.15) is 16.1 Å². The Morgan fingerprint density at radius 3 is 2.66 bits per heavy atom. The number of hydrogen-bond acceptors (Lipinski definition) is 6. The Bertz CT molecular complexity index is 1320. The van der Waals surface area contributed by atoms with E-state index in [1.54, 1.807) is 37.4 Å². The fourth-order valence-electron chi connectivity index (χ4n) is 3.06. The first-order chi connectivity index (χ1) is 14.0. The average molecular weight is 410 g/mol. The van der Waals surface area contributed by atoms with Gasteiger partial charge in [0.1, 0.15) is 17.5 Å². The molecule has 0 aliphatic carbocycles. The second-order valence-electron chi connectivity index (χ2n) is 6.40. The lowest BCUT2D eigenvalue weighted by Crippen LogP contribution is -2.23. The Balaban J connectivity index is 1.64. The van der Waals surface area contributed by atoms with Crippen LogP contribution in [0.2, 0.25) is 5.15 Å². The van der Waals surface area contributed by atoms with E-state index in [9.17, 15) is 9.59 Å². The van der Waals surface area contributed by atoms with E-state index in [1.807, 2.05) is 18.2 Å². The highest BCUT2D eigenvalue weighted by atomic mass is 35.5. The first-order valence-corrected chi connectivity index (χ1v) is 9.12. The van der Waals surface area contributed by atoms with Gasteiger partial charge in [-0.2, -0.15) is 5.10 Å². The molecule has 0 fully saturated rings. The molecule has 7 nitrogen and oxygen atoms in total. The van der Waals surface area contributed by atoms with Crippen molar-refractivity contribution in [1.82, 2.24) is 14.8 Å². The van der Waals surface area contributed by atoms with E-state index in [4.69, 9.17) is 21.1 Å². The van der Waals surface area contributed by atoms with Crippen LogP contribution < -0.4 is 10.3 Å². The van der Waals surface area contributed by atoms with E-state index < -0.39 is 5.97 Å². The molecule has 29 heavy (non-hydrogen) atoms. The van der Waals surface area contributed by atoms with Gasteiger partial charge < -0.3 is 9.47 Å². The topological polar surface area (TPSA) is 83.3 Å². The number of rotatable bonds is 4. The van der Waals surface area contributed by atoms with E-state index in [1.165, 1.54) is 7.05 Å². The van der Waals surface area contributed by atoms with Crippen molar-refractivity contribution in [3.63, 3.8) is 0 Å². The number of fused-ring (bicyclic) bond motifs is 2. The fraction of sp³-hybridized carbons (Fsp3) is 0.143. The number of carbonyl (C=O) groups excluding carboxylic acids is 1. The molecular weight excluding hydrogens is 394 g/mol. The van der Waals surface area contributed by atoms with Gasteiger partial charge in [-0.05, 0) is 24.3 Å². The van der Waals surface area contributed by atoms with Crippen molar-refractivity contribution in [1.29, 1.82) is 0 Å². The van der Waals surface area contributed by atoms with Crippen molar-refractivity contribution >= 4 is 39.2 Å². The summed E-state index contributed by atoms with van der Waals surface area (Å²) in [6, 6.07) is 14.0. The SMILES string of the molecule is COc1ccc2cc(COC(=O)c3nn(C)c(=O)c4ccccc34)c(Cl)nc2c1. The van der Waals surface area contributed by atoms with Gasteiger partial charge in [-0.3, -0.25) is 4.79 Å². The molecule has 2 aromatic heterocycles. The minimum Gasteiger partial charge on any atom is -0.497 e. The molecule has 0 saturated heterocycles. The van der Waals surface area contributed by atoms with Crippen molar-refractivity contribution in [2.24, 2.45) is 7.05 Å². The van der Waals surface area contributed by atoms with E-state index >= 15 is 0 Å². The number of carbonyl (C=O) groups is 1. The summed E-state index contributed by atoms with van der Waals surface area (Å²) in [7, 11) is 3.07. The van der Waals surface area contributed by atoms with Crippen LogP contribution in [0.3, 0.4) is 0 Å². The standard InChI is InChI=1S/C21H16ClN3O4/c1-25-20(26)16-6-4-3-5-15(16)18(24-25)21(27)29-11-13-9-12-7-8-14(28-2)10-17(12)23-19(13)22/h3-10H,11H2,1-2H3. The lowest BCUT2D eigenvalue weighted by Gasteiger charge is -2.10. The van der Waals surface area contributed by atoms with Gasteiger partial charge in [-0.15, -0.1) is 0 Å². The predicted molar refractivity (Wildman–Crippen MR) is 109 cm³/mol. The molecule has 0 N–H and O–H groups in total. The molecule has 2 heterocycles. The van der Waals surface area contributed by atoms with Crippen LogP contribution in [0.5, 0.6) is 5.75 Å². The van der Waals surface area contributed by atoms with E-state index in [0.717, 1.165) is 10.1 Å². The third kappa shape index (κ3) is 3.52. The molecule has 4 aromatic rings. The summed E-state index contributed by atoms with van der Waals surface area (Å²) in [5.74, 6) is 0.0237. The van der Waals surface area contributed by atoms with Gasteiger partial charge in [-0.1, -0.05) is 29.8 Å². The molecule has 0 atom stereocenters. The quantitative estimate of drug-likeness (QED) is 0.379. The van der Waals surface area contributed by atoms with Crippen LogP contribution in [0, 0.1) is 0 Å². The molecule has 146 valence electrons. The van der Waals surface area contributed by atoms with Crippen molar-refractivity contribution in [2.75, 3.05) is 7.11 Å². The first kappa shape index (κ1) is 18.9. The number of halogens is 1. The maximum atomic E-state index is 12.7. The van der Waals surface area contributed by atoms with Gasteiger partial charge >= 0.3 is 5.97 Å². The highest BCUT2D eigenvalue weighted by molar-refractivity contribution is 6.30. The lowest BCUT2D eigenvalue weighted by atomic mass is 10.1. The number of methoxy groups -OCH3 is 1. The van der Waals surface area contributed by atoms with Crippen LogP contribution >= 0.6 is 11.6 Å². The molecular formula is C21H16ClN3O4. The molecule has 0 aliphatic heterocycles.